The Morgan fingerprint density at radius 1 is 1.23 bits per heavy atom. The van der Waals surface area contributed by atoms with Crippen molar-refractivity contribution in [3.8, 4) is 11.3 Å². The summed E-state index contributed by atoms with van der Waals surface area (Å²) in [6, 6.07) is 10.5. The molecule has 140 valence electrons. The Hall–Kier alpha value is -2.18. The Morgan fingerprint density at radius 2 is 2.00 bits per heavy atom. The summed E-state index contributed by atoms with van der Waals surface area (Å²) >= 11 is 0. The van der Waals surface area contributed by atoms with Gasteiger partial charge < -0.3 is 9.52 Å². The van der Waals surface area contributed by atoms with Gasteiger partial charge in [0.2, 0.25) is 0 Å². The molecule has 1 unspecified atom stereocenters. The highest BCUT2D eigenvalue weighted by Gasteiger charge is 2.22. The van der Waals surface area contributed by atoms with Gasteiger partial charge in [0.05, 0.1) is 13.1 Å². The third kappa shape index (κ3) is 4.93. The summed E-state index contributed by atoms with van der Waals surface area (Å²) in [7, 11) is 1.88. The Labute approximate surface area is 153 Å². The van der Waals surface area contributed by atoms with Gasteiger partial charge in [-0.15, -0.1) is 0 Å². The fourth-order valence-corrected chi connectivity index (χ4v) is 3.53. The normalized spacial score (nSPS) is 18.8. The summed E-state index contributed by atoms with van der Waals surface area (Å²) in [5.74, 6) is 0.598. The maximum Gasteiger partial charge on any atom is 0.317 e. The highest BCUT2D eigenvalue weighted by Crippen LogP contribution is 2.24. The predicted molar refractivity (Wildman–Crippen MR) is 97.3 cm³/mol. The van der Waals surface area contributed by atoms with Crippen LogP contribution in [0.3, 0.4) is 0 Å². The number of likely N-dealkylation sites (tertiary alicyclic amines) is 1. The van der Waals surface area contributed by atoms with E-state index >= 15 is 0 Å². The van der Waals surface area contributed by atoms with E-state index in [-0.39, 0.29) is 12.4 Å². The van der Waals surface area contributed by atoms with Crippen molar-refractivity contribution >= 4 is 5.97 Å². The second kappa shape index (κ2) is 8.47. The first kappa shape index (κ1) is 18.6. The molecule has 1 fully saturated rings. The van der Waals surface area contributed by atoms with E-state index in [1.165, 1.54) is 12.1 Å². The predicted octanol–water partition coefficient (Wildman–Crippen LogP) is 3.46. The SMILES string of the molecule is CN(CC(=O)O)C1CCCN(Cc2ccc(-c3ccc(F)cc3)o2)CC1. The van der Waals surface area contributed by atoms with Gasteiger partial charge in [-0.3, -0.25) is 14.6 Å². The quantitative estimate of drug-likeness (QED) is 0.855. The molecule has 6 heteroatoms. The molecule has 0 spiro atoms. The summed E-state index contributed by atoms with van der Waals surface area (Å²) in [5.41, 5.74) is 0.865. The molecular weight excluding hydrogens is 335 g/mol. The van der Waals surface area contributed by atoms with Crippen molar-refractivity contribution in [2.24, 2.45) is 0 Å². The average molecular weight is 360 g/mol. The number of halogens is 1. The zero-order valence-corrected chi connectivity index (χ0v) is 15.0. The molecule has 2 heterocycles. The van der Waals surface area contributed by atoms with Crippen LogP contribution in [0.4, 0.5) is 4.39 Å². The molecule has 1 aliphatic rings. The standard InChI is InChI=1S/C20H25FN2O3/c1-22(14-20(24)25)17-3-2-11-23(12-10-17)13-18-8-9-19(26-18)15-4-6-16(21)7-5-15/h4-9,17H,2-3,10-14H2,1H3,(H,24,25). The van der Waals surface area contributed by atoms with Crippen molar-refractivity contribution in [1.29, 1.82) is 0 Å². The highest BCUT2D eigenvalue weighted by molar-refractivity contribution is 5.69. The fraction of sp³-hybridized carbons (Fsp3) is 0.450. The van der Waals surface area contributed by atoms with Crippen LogP contribution in [0.25, 0.3) is 11.3 Å². The van der Waals surface area contributed by atoms with Gasteiger partial charge in [0.15, 0.2) is 0 Å². The number of carbonyl (C=O) groups is 1. The minimum absolute atomic E-state index is 0.0872. The number of hydrogen-bond acceptors (Lipinski definition) is 4. The molecule has 5 nitrogen and oxygen atoms in total. The van der Waals surface area contributed by atoms with Crippen molar-refractivity contribution in [3.05, 3.63) is 48.0 Å². The molecule has 0 amide bonds. The molecule has 3 rings (SSSR count). The van der Waals surface area contributed by atoms with Crippen LogP contribution in [0.1, 0.15) is 25.0 Å². The molecule has 1 aliphatic heterocycles. The molecule has 1 atom stereocenters. The van der Waals surface area contributed by atoms with Gasteiger partial charge in [-0.05, 0) is 69.3 Å². The van der Waals surface area contributed by atoms with E-state index in [0.717, 1.165) is 56.0 Å². The van der Waals surface area contributed by atoms with Crippen molar-refractivity contribution in [2.75, 3.05) is 26.7 Å². The van der Waals surface area contributed by atoms with Crippen molar-refractivity contribution in [3.63, 3.8) is 0 Å². The van der Waals surface area contributed by atoms with Crippen molar-refractivity contribution in [1.82, 2.24) is 9.80 Å². The lowest BCUT2D eigenvalue weighted by Crippen LogP contribution is -2.36. The van der Waals surface area contributed by atoms with Gasteiger partial charge >= 0.3 is 5.97 Å². The summed E-state index contributed by atoms with van der Waals surface area (Å²) in [6.07, 6.45) is 3.01. The molecule has 1 N–H and O–H groups in total. The maximum atomic E-state index is 13.0. The first-order valence-corrected chi connectivity index (χ1v) is 9.00. The molecule has 0 radical (unpaired) electrons. The zero-order valence-electron chi connectivity index (χ0n) is 15.0. The number of carboxylic acid groups (broad SMARTS) is 1. The zero-order chi connectivity index (χ0) is 18.5. The number of benzene rings is 1. The number of likely N-dealkylation sites (N-methyl/N-ethyl adjacent to an activating group) is 1. The minimum Gasteiger partial charge on any atom is -0.480 e. The number of carboxylic acids is 1. The molecule has 26 heavy (non-hydrogen) atoms. The van der Waals surface area contributed by atoms with Gasteiger partial charge in [-0.1, -0.05) is 0 Å². The monoisotopic (exact) mass is 360 g/mol. The van der Waals surface area contributed by atoms with Gasteiger partial charge in [0, 0.05) is 18.2 Å². The summed E-state index contributed by atoms with van der Waals surface area (Å²) in [4.78, 5) is 15.2. The Morgan fingerprint density at radius 3 is 2.73 bits per heavy atom. The number of nitrogens with zero attached hydrogens (tertiary/aromatic N) is 2. The van der Waals surface area contributed by atoms with Crippen LogP contribution in [-0.2, 0) is 11.3 Å². The van der Waals surface area contributed by atoms with Gasteiger partial charge in [0.1, 0.15) is 17.3 Å². The van der Waals surface area contributed by atoms with Crippen LogP contribution < -0.4 is 0 Å². The first-order chi connectivity index (χ1) is 12.5. The van der Waals surface area contributed by atoms with Crippen molar-refractivity contribution < 1.29 is 18.7 Å². The molecule has 2 aromatic rings. The molecule has 1 aromatic carbocycles. The van der Waals surface area contributed by atoms with Crippen LogP contribution in [0.2, 0.25) is 0 Å². The average Bonchev–Trinajstić information content (AvgIpc) is 2.93. The van der Waals surface area contributed by atoms with E-state index in [0.29, 0.717) is 6.04 Å². The van der Waals surface area contributed by atoms with Gasteiger partial charge in [0.25, 0.3) is 0 Å². The van der Waals surface area contributed by atoms with E-state index in [4.69, 9.17) is 9.52 Å². The second-order valence-electron chi connectivity index (χ2n) is 6.94. The highest BCUT2D eigenvalue weighted by atomic mass is 19.1. The molecule has 0 saturated carbocycles. The maximum absolute atomic E-state index is 13.0. The third-order valence-electron chi connectivity index (χ3n) is 4.97. The van der Waals surface area contributed by atoms with E-state index in [1.54, 1.807) is 12.1 Å². The number of hydrogen-bond donors (Lipinski definition) is 1. The molecule has 1 saturated heterocycles. The molecule has 1 aromatic heterocycles. The van der Waals surface area contributed by atoms with Crippen LogP contribution in [0, 0.1) is 5.82 Å². The Kier molecular flexibility index (Phi) is 6.06. The number of aliphatic carboxylic acids is 1. The summed E-state index contributed by atoms with van der Waals surface area (Å²) in [5, 5.41) is 8.96. The van der Waals surface area contributed by atoms with E-state index in [9.17, 15) is 9.18 Å². The van der Waals surface area contributed by atoms with E-state index in [2.05, 4.69) is 4.90 Å². The second-order valence-corrected chi connectivity index (χ2v) is 6.94. The van der Waals surface area contributed by atoms with Gasteiger partial charge in [-0.25, -0.2) is 4.39 Å². The summed E-state index contributed by atoms with van der Waals surface area (Å²) in [6.45, 7) is 2.71. The fourth-order valence-electron chi connectivity index (χ4n) is 3.53. The lowest BCUT2D eigenvalue weighted by Gasteiger charge is -2.25. The van der Waals surface area contributed by atoms with Crippen LogP contribution in [0.5, 0.6) is 0 Å². The number of rotatable bonds is 6. The van der Waals surface area contributed by atoms with Crippen LogP contribution in [0.15, 0.2) is 40.8 Å². The largest absolute Gasteiger partial charge is 0.480 e. The Balaban J connectivity index is 1.56. The lowest BCUT2D eigenvalue weighted by atomic mass is 10.1. The number of furan rings is 1. The van der Waals surface area contributed by atoms with E-state index in [1.807, 2.05) is 24.1 Å². The third-order valence-corrected chi connectivity index (χ3v) is 4.97. The smallest absolute Gasteiger partial charge is 0.317 e. The topological polar surface area (TPSA) is 56.9 Å². The molecule has 0 aliphatic carbocycles. The van der Waals surface area contributed by atoms with Crippen molar-refractivity contribution in [2.45, 2.75) is 31.8 Å². The van der Waals surface area contributed by atoms with Gasteiger partial charge in [-0.2, -0.15) is 0 Å². The Bertz CT molecular complexity index is 729. The van der Waals surface area contributed by atoms with E-state index < -0.39 is 5.97 Å². The summed E-state index contributed by atoms with van der Waals surface area (Å²) < 4.78 is 19.0. The first-order valence-electron chi connectivity index (χ1n) is 9.00. The minimum atomic E-state index is -0.780. The van der Waals surface area contributed by atoms with Crippen LogP contribution in [-0.4, -0.2) is 53.6 Å². The molecule has 0 bridgehead atoms. The molecular formula is C20H25FN2O3. The van der Waals surface area contributed by atoms with Crippen LogP contribution >= 0.6 is 0 Å². The lowest BCUT2D eigenvalue weighted by molar-refractivity contribution is -0.138.